The number of unbranched alkanes of at least 4 members (excludes halogenated alkanes) is 2. The molecular formula is C40H57N7O8. The Morgan fingerprint density at radius 2 is 1.62 bits per heavy atom. The van der Waals surface area contributed by atoms with Crippen LogP contribution in [0.15, 0.2) is 36.4 Å². The number of esters is 1. The summed E-state index contributed by atoms with van der Waals surface area (Å²) in [6.07, 6.45) is 7.20. The summed E-state index contributed by atoms with van der Waals surface area (Å²) in [4.78, 5) is 102. The number of benzene rings is 1. The van der Waals surface area contributed by atoms with E-state index >= 15 is 0 Å². The summed E-state index contributed by atoms with van der Waals surface area (Å²) >= 11 is 0. The Morgan fingerprint density at radius 3 is 2.33 bits per heavy atom. The normalized spacial score (nSPS) is 28.6. The van der Waals surface area contributed by atoms with Crippen molar-refractivity contribution in [2.75, 3.05) is 25.4 Å². The van der Waals surface area contributed by atoms with Crippen LogP contribution in [-0.4, -0.2) is 118 Å². The van der Waals surface area contributed by atoms with Gasteiger partial charge in [-0.25, -0.2) is 4.79 Å². The van der Waals surface area contributed by atoms with Crippen LogP contribution < -0.4 is 21.7 Å². The number of carbonyl (C=O) groups excluding carboxylic acids is 7. The minimum Gasteiger partial charge on any atom is -0.458 e. The average molecular weight is 764 g/mol. The third kappa shape index (κ3) is 10.0. The first kappa shape index (κ1) is 41.2. The lowest BCUT2D eigenvalue weighted by Gasteiger charge is -2.41. The molecule has 0 aliphatic carbocycles. The number of carbonyl (C=O) groups is 7. The van der Waals surface area contributed by atoms with Gasteiger partial charge in [0.05, 0.1) is 0 Å². The van der Waals surface area contributed by atoms with E-state index in [1.807, 2.05) is 13.8 Å². The van der Waals surface area contributed by atoms with Gasteiger partial charge in [0.2, 0.25) is 35.4 Å². The highest BCUT2D eigenvalue weighted by atomic mass is 16.5. The van der Waals surface area contributed by atoms with Crippen molar-refractivity contribution in [3.05, 3.63) is 42.0 Å². The van der Waals surface area contributed by atoms with Gasteiger partial charge in [0.1, 0.15) is 42.4 Å². The van der Waals surface area contributed by atoms with Gasteiger partial charge in [-0.15, -0.1) is 0 Å². The van der Waals surface area contributed by atoms with Crippen molar-refractivity contribution in [2.24, 2.45) is 5.92 Å². The number of amides is 6. The Balaban J connectivity index is 1.49. The van der Waals surface area contributed by atoms with Gasteiger partial charge in [-0.05, 0) is 88.5 Å². The molecule has 1 aromatic carbocycles. The summed E-state index contributed by atoms with van der Waals surface area (Å²) in [5, 5.41) is 8.35. The Morgan fingerprint density at radius 1 is 0.927 bits per heavy atom. The van der Waals surface area contributed by atoms with Crippen molar-refractivity contribution in [1.82, 2.24) is 30.7 Å². The highest BCUT2D eigenvalue weighted by Crippen LogP contribution is 2.29. The highest BCUT2D eigenvalue weighted by Gasteiger charge is 2.47. The lowest BCUT2D eigenvalue weighted by molar-refractivity contribution is -0.163. The molecule has 0 aromatic heterocycles. The number of nitrogens with one attached hydrogen (secondary N) is 3. The molecule has 8 atom stereocenters. The second-order valence-corrected chi connectivity index (χ2v) is 15.5. The van der Waals surface area contributed by atoms with E-state index in [1.54, 1.807) is 37.3 Å². The third-order valence-corrected chi connectivity index (χ3v) is 11.2. The lowest BCUT2D eigenvalue weighted by atomic mass is 9.91. The zero-order valence-electron chi connectivity index (χ0n) is 32.5. The summed E-state index contributed by atoms with van der Waals surface area (Å²) in [7, 11) is 0. The van der Waals surface area contributed by atoms with Crippen molar-refractivity contribution in [1.29, 1.82) is 0 Å². The first-order valence-corrected chi connectivity index (χ1v) is 19.8. The minimum absolute atomic E-state index is 0.0412. The first-order chi connectivity index (χ1) is 26.3. The van der Waals surface area contributed by atoms with Gasteiger partial charge in [0.15, 0.2) is 0 Å². The van der Waals surface area contributed by atoms with Crippen LogP contribution in [0.5, 0.6) is 0 Å². The fourth-order valence-electron chi connectivity index (χ4n) is 8.07. The standard InChI is InChI=1S/C40H57N7O8/c1-5-6-7-8-16-33(48)43-29(23-27-12-9-13-28(41)22-27)35(49)44-34-26(4)55-40(54)31-15-11-19-46(31)37(51)25(3)42-36(50)32-21-24(2)17-20-47(32)38(52)30-14-10-18-45(30)39(34)53/h8-9,12-13,16,22,24-26,29-32,34H,5-7,10-11,14-15,17-21,23,41H2,1-4H3,(H,42,50)(H,43,48)(H,44,49). The number of nitrogens with zero attached hydrogens (tertiary/aromatic N) is 3. The summed E-state index contributed by atoms with van der Waals surface area (Å²) in [5.74, 6) is -3.75. The number of rotatable bonds is 9. The number of fused-ring (bicyclic) bond motifs is 3. The topological polar surface area (TPSA) is 201 Å². The lowest BCUT2D eigenvalue weighted by Crippen LogP contribution is -2.63. The predicted octanol–water partition coefficient (Wildman–Crippen LogP) is 1.59. The number of ether oxygens (including phenoxy) is 1. The molecule has 4 heterocycles. The maximum absolute atomic E-state index is 14.7. The van der Waals surface area contributed by atoms with Gasteiger partial charge in [0.25, 0.3) is 0 Å². The van der Waals surface area contributed by atoms with Gasteiger partial charge < -0.3 is 41.1 Å². The minimum atomic E-state index is -1.46. The van der Waals surface area contributed by atoms with Crippen LogP contribution in [0.25, 0.3) is 0 Å². The number of hydrogen-bond donors (Lipinski definition) is 4. The number of nitrogen functional groups attached to an aromatic ring is 1. The van der Waals surface area contributed by atoms with Crippen molar-refractivity contribution in [3.63, 3.8) is 0 Å². The SMILES string of the molecule is CCCCC=CC(=O)NC(Cc1cccc(N)c1)C(=O)NC1C(=O)N2CCCC2C(=O)N2CCC(C)CC2C(=O)NC(C)C(=O)N2CCCC2C(=O)OC1C. The van der Waals surface area contributed by atoms with Crippen LogP contribution in [-0.2, 0) is 44.7 Å². The number of cyclic esters (lactones) is 1. The maximum atomic E-state index is 14.7. The Kier molecular flexibility index (Phi) is 13.9. The molecule has 4 aliphatic heterocycles. The molecule has 15 nitrogen and oxygen atoms in total. The third-order valence-electron chi connectivity index (χ3n) is 11.2. The van der Waals surface area contributed by atoms with Gasteiger partial charge in [0, 0.05) is 31.7 Å². The van der Waals surface area contributed by atoms with Gasteiger partial charge in [-0.1, -0.05) is 44.9 Å². The molecule has 1 aromatic rings. The van der Waals surface area contributed by atoms with Crippen molar-refractivity contribution < 1.29 is 38.3 Å². The van der Waals surface area contributed by atoms with Crippen LogP contribution in [0, 0.1) is 5.92 Å². The molecule has 5 rings (SSSR count). The van der Waals surface area contributed by atoms with E-state index in [-0.39, 0.29) is 31.3 Å². The number of allylic oxidation sites excluding steroid dienone is 1. The molecule has 6 amide bonds. The molecule has 15 heteroatoms. The second-order valence-electron chi connectivity index (χ2n) is 15.5. The fraction of sp³-hybridized carbons (Fsp3) is 0.625. The quantitative estimate of drug-likeness (QED) is 0.125. The van der Waals surface area contributed by atoms with E-state index in [1.165, 1.54) is 27.7 Å². The molecular weight excluding hydrogens is 706 g/mol. The van der Waals surface area contributed by atoms with E-state index in [0.29, 0.717) is 62.7 Å². The van der Waals surface area contributed by atoms with Crippen LogP contribution in [0.4, 0.5) is 5.69 Å². The fourth-order valence-corrected chi connectivity index (χ4v) is 8.07. The van der Waals surface area contributed by atoms with Gasteiger partial charge in [-0.2, -0.15) is 0 Å². The molecule has 0 saturated carbocycles. The van der Waals surface area contributed by atoms with Crippen molar-refractivity contribution in [2.45, 2.75) is 134 Å². The Labute approximate surface area is 323 Å². The zero-order valence-corrected chi connectivity index (χ0v) is 32.5. The second kappa shape index (κ2) is 18.6. The molecule has 4 saturated heterocycles. The molecule has 300 valence electrons. The van der Waals surface area contributed by atoms with Crippen LogP contribution in [0.2, 0.25) is 0 Å². The van der Waals surface area contributed by atoms with E-state index in [9.17, 15) is 33.6 Å². The number of nitrogens with two attached hydrogens (primary N) is 1. The van der Waals surface area contributed by atoms with Crippen molar-refractivity contribution in [3.8, 4) is 0 Å². The highest BCUT2D eigenvalue weighted by molar-refractivity contribution is 5.98. The zero-order chi connectivity index (χ0) is 39.8. The number of piperidine rings is 1. The molecule has 8 unspecified atom stereocenters. The van der Waals surface area contributed by atoms with Gasteiger partial charge in [-0.3, -0.25) is 28.8 Å². The molecule has 0 spiro atoms. The average Bonchev–Trinajstić information content (AvgIpc) is 3.85. The van der Waals surface area contributed by atoms with E-state index < -0.39 is 77.9 Å². The number of hydrogen-bond acceptors (Lipinski definition) is 9. The summed E-state index contributed by atoms with van der Waals surface area (Å²) in [5.41, 5.74) is 7.16. The monoisotopic (exact) mass is 763 g/mol. The predicted molar refractivity (Wildman–Crippen MR) is 204 cm³/mol. The molecule has 0 radical (unpaired) electrons. The van der Waals surface area contributed by atoms with E-state index in [4.69, 9.17) is 10.5 Å². The maximum Gasteiger partial charge on any atom is 0.329 e. The first-order valence-electron chi connectivity index (χ1n) is 19.8. The van der Waals surface area contributed by atoms with E-state index in [2.05, 4.69) is 16.0 Å². The largest absolute Gasteiger partial charge is 0.458 e. The van der Waals surface area contributed by atoms with Crippen LogP contribution in [0.3, 0.4) is 0 Å². The van der Waals surface area contributed by atoms with Crippen LogP contribution in [0.1, 0.15) is 91.0 Å². The Hall–Kier alpha value is -4.95. The summed E-state index contributed by atoms with van der Waals surface area (Å²) in [6.45, 7) is 7.88. The molecule has 55 heavy (non-hydrogen) atoms. The smallest absolute Gasteiger partial charge is 0.329 e. The van der Waals surface area contributed by atoms with Gasteiger partial charge >= 0.3 is 5.97 Å². The van der Waals surface area contributed by atoms with Crippen LogP contribution >= 0.6 is 0 Å². The number of anilines is 1. The molecule has 5 N–H and O–H groups in total. The summed E-state index contributed by atoms with van der Waals surface area (Å²) < 4.78 is 5.90. The molecule has 0 bridgehead atoms. The van der Waals surface area contributed by atoms with Crippen molar-refractivity contribution >= 4 is 47.1 Å². The molecule has 4 aliphatic rings. The molecule has 4 fully saturated rings. The summed E-state index contributed by atoms with van der Waals surface area (Å²) in [6, 6.07) is 0.584. The Bertz CT molecular complexity index is 1650. The van der Waals surface area contributed by atoms with E-state index in [0.717, 1.165) is 12.8 Å².